The fourth-order valence-corrected chi connectivity index (χ4v) is 3.10. The molecule has 0 saturated carbocycles. The highest BCUT2D eigenvalue weighted by atomic mass is 16.4. The Labute approximate surface area is 135 Å². The maximum atomic E-state index is 11.0. The highest BCUT2D eigenvalue weighted by Crippen LogP contribution is 2.27. The van der Waals surface area contributed by atoms with Crippen molar-refractivity contribution in [2.45, 2.75) is 31.8 Å². The number of hydrogen-bond donors (Lipinski definition) is 3. The molecule has 0 bridgehead atoms. The predicted molar refractivity (Wildman–Crippen MR) is 89.6 cm³/mol. The van der Waals surface area contributed by atoms with Crippen LogP contribution in [0.25, 0.3) is 11.0 Å². The molecule has 3 heterocycles. The van der Waals surface area contributed by atoms with Gasteiger partial charge in [-0.15, -0.1) is 0 Å². The topological polar surface area (TPSA) is 96.4 Å². The monoisotopic (exact) mass is 317 g/mol. The summed E-state index contributed by atoms with van der Waals surface area (Å²) >= 11 is 0. The van der Waals surface area contributed by atoms with Crippen molar-refractivity contribution in [2.24, 2.45) is 12.8 Å². The molecule has 0 aliphatic carbocycles. The maximum Gasteiger partial charge on any atom is 0.407 e. The molecule has 0 radical (unpaired) electrons. The smallest absolute Gasteiger partial charge is 0.407 e. The van der Waals surface area contributed by atoms with Crippen LogP contribution in [0.15, 0.2) is 18.3 Å². The van der Waals surface area contributed by atoms with Gasteiger partial charge in [0.05, 0.1) is 22.4 Å². The normalized spacial score (nSPS) is 17.4. The molecular formula is C16H23N5O2. The van der Waals surface area contributed by atoms with Gasteiger partial charge < -0.3 is 25.6 Å². The summed E-state index contributed by atoms with van der Waals surface area (Å²) in [5.74, 6) is 0. The largest absolute Gasteiger partial charge is 0.465 e. The van der Waals surface area contributed by atoms with Gasteiger partial charge in [0.25, 0.3) is 0 Å². The number of fused-ring (bicyclic) bond motifs is 1. The third kappa shape index (κ3) is 3.10. The molecule has 124 valence electrons. The Balaban J connectivity index is 1.83. The number of nitrogens with two attached hydrogens (primary N) is 1. The Morgan fingerprint density at radius 1 is 1.48 bits per heavy atom. The standard InChI is InChI=1S/C16H23N5O2/c1-10(17)15-13(9-14-12(19-15)5-6-20(14)2)18-11-3-7-21(8-4-11)16(22)23/h5-6,9-11,18H,3-4,7-8,17H2,1-2H3,(H,22,23). The number of nitrogens with one attached hydrogen (secondary N) is 1. The number of nitrogens with zero attached hydrogens (tertiary/aromatic N) is 3. The molecule has 1 amide bonds. The molecule has 1 fully saturated rings. The first kappa shape index (κ1) is 15.6. The minimum Gasteiger partial charge on any atom is -0.465 e. The van der Waals surface area contributed by atoms with E-state index in [1.54, 1.807) is 0 Å². The summed E-state index contributed by atoms with van der Waals surface area (Å²) in [7, 11) is 1.99. The van der Waals surface area contributed by atoms with E-state index in [1.165, 1.54) is 4.90 Å². The summed E-state index contributed by atoms with van der Waals surface area (Å²) in [6.07, 6.45) is 2.72. The van der Waals surface area contributed by atoms with E-state index in [0.29, 0.717) is 13.1 Å². The van der Waals surface area contributed by atoms with E-state index < -0.39 is 6.09 Å². The minimum absolute atomic E-state index is 0.166. The Morgan fingerprint density at radius 2 is 2.17 bits per heavy atom. The van der Waals surface area contributed by atoms with Crippen LogP contribution in [0.1, 0.15) is 31.5 Å². The van der Waals surface area contributed by atoms with Gasteiger partial charge in [-0.3, -0.25) is 0 Å². The number of carboxylic acid groups (broad SMARTS) is 1. The van der Waals surface area contributed by atoms with E-state index in [-0.39, 0.29) is 12.1 Å². The lowest BCUT2D eigenvalue weighted by Crippen LogP contribution is -2.41. The molecule has 0 aromatic carbocycles. The molecule has 1 aliphatic rings. The van der Waals surface area contributed by atoms with Crippen LogP contribution in [0.5, 0.6) is 0 Å². The lowest BCUT2D eigenvalue weighted by Gasteiger charge is -2.31. The van der Waals surface area contributed by atoms with Gasteiger partial charge in [-0.05, 0) is 31.9 Å². The quantitative estimate of drug-likeness (QED) is 0.806. The summed E-state index contributed by atoms with van der Waals surface area (Å²) in [5.41, 5.74) is 9.87. The second-order valence-corrected chi connectivity index (χ2v) is 6.23. The van der Waals surface area contributed by atoms with E-state index in [9.17, 15) is 4.79 Å². The molecule has 4 N–H and O–H groups in total. The number of likely N-dealkylation sites (tertiary alicyclic amines) is 1. The molecule has 0 spiro atoms. The Morgan fingerprint density at radius 3 is 2.78 bits per heavy atom. The summed E-state index contributed by atoms with van der Waals surface area (Å²) in [6, 6.07) is 4.14. The average Bonchev–Trinajstić information content (AvgIpc) is 2.88. The van der Waals surface area contributed by atoms with Gasteiger partial charge in [0, 0.05) is 38.4 Å². The van der Waals surface area contributed by atoms with Crippen LogP contribution in [-0.2, 0) is 7.05 Å². The zero-order valence-electron chi connectivity index (χ0n) is 13.5. The fourth-order valence-electron chi connectivity index (χ4n) is 3.10. The summed E-state index contributed by atoms with van der Waals surface area (Å²) in [6.45, 7) is 3.04. The number of aromatic nitrogens is 2. The first-order chi connectivity index (χ1) is 11.0. The van der Waals surface area contributed by atoms with Crippen molar-refractivity contribution in [1.29, 1.82) is 0 Å². The molecule has 7 heteroatoms. The van der Waals surface area contributed by atoms with Crippen molar-refractivity contribution in [1.82, 2.24) is 14.5 Å². The van der Waals surface area contributed by atoms with Gasteiger partial charge in [-0.25, -0.2) is 9.78 Å². The molecule has 3 rings (SSSR count). The van der Waals surface area contributed by atoms with Gasteiger partial charge in [0.1, 0.15) is 0 Å². The molecule has 1 unspecified atom stereocenters. The first-order valence-electron chi connectivity index (χ1n) is 7.91. The van der Waals surface area contributed by atoms with Crippen molar-refractivity contribution in [3.05, 3.63) is 24.0 Å². The zero-order valence-corrected chi connectivity index (χ0v) is 13.5. The fraction of sp³-hybridized carbons (Fsp3) is 0.500. The number of rotatable bonds is 3. The summed E-state index contributed by atoms with van der Waals surface area (Å²) < 4.78 is 2.03. The number of piperidine rings is 1. The van der Waals surface area contributed by atoms with Crippen molar-refractivity contribution in [3.8, 4) is 0 Å². The van der Waals surface area contributed by atoms with E-state index in [2.05, 4.69) is 11.4 Å². The molecule has 1 atom stereocenters. The number of hydrogen-bond acceptors (Lipinski definition) is 4. The van der Waals surface area contributed by atoms with E-state index >= 15 is 0 Å². The third-order valence-corrected chi connectivity index (χ3v) is 4.45. The lowest BCUT2D eigenvalue weighted by atomic mass is 10.0. The Hall–Kier alpha value is -2.28. The van der Waals surface area contributed by atoms with Crippen LogP contribution in [0.3, 0.4) is 0 Å². The van der Waals surface area contributed by atoms with Crippen LogP contribution in [0.2, 0.25) is 0 Å². The van der Waals surface area contributed by atoms with Crippen LogP contribution < -0.4 is 11.1 Å². The zero-order chi connectivity index (χ0) is 16.6. The predicted octanol–water partition coefficient (Wildman–Crippen LogP) is 2.15. The number of amides is 1. The maximum absolute atomic E-state index is 11.0. The summed E-state index contributed by atoms with van der Waals surface area (Å²) in [4.78, 5) is 17.1. The van der Waals surface area contributed by atoms with Gasteiger partial charge in [0.15, 0.2) is 0 Å². The van der Waals surface area contributed by atoms with Crippen LogP contribution in [0.4, 0.5) is 10.5 Å². The van der Waals surface area contributed by atoms with E-state index in [1.807, 2.05) is 30.8 Å². The molecule has 2 aromatic heterocycles. The van der Waals surface area contributed by atoms with Crippen molar-refractivity contribution in [2.75, 3.05) is 18.4 Å². The van der Waals surface area contributed by atoms with Gasteiger partial charge in [-0.2, -0.15) is 0 Å². The molecule has 23 heavy (non-hydrogen) atoms. The SMILES string of the molecule is CC(N)c1nc2ccn(C)c2cc1NC1CCN(C(=O)O)CC1. The van der Waals surface area contributed by atoms with Crippen molar-refractivity contribution >= 4 is 22.8 Å². The molecule has 2 aromatic rings. The third-order valence-electron chi connectivity index (χ3n) is 4.45. The van der Waals surface area contributed by atoms with E-state index in [4.69, 9.17) is 15.8 Å². The van der Waals surface area contributed by atoms with Crippen molar-refractivity contribution in [3.63, 3.8) is 0 Å². The average molecular weight is 317 g/mol. The number of carbonyl (C=O) groups is 1. The second-order valence-electron chi connectivity index (χ2n) is 6.23. The van der Waals surface area contributed by atoms with Crippen LogP contribution in [0, 0.1) is 0 Å². The van der Waals surface area contributed by atoms with E-state index in [0.717, 1.165) is 35.3 Å². The van der Waals surface area contributed by atoms with Crippen LogP contribution >= 0.6 is 0 Å². The first-order valence-corrected chi connectivity index (χ1v) is 7.91. The molecular weight excluding hydrogens is 294 g/mol. The summed E-state index contributed by atoms with van der Waals surface area (Å²) in [5, 5.41) is 12.6. The highest BCUT2D eigenvalue weighted by molar-refractivity contribution is 5.80. The van der Waals surface area contributed by atoms with Gasteiger partial charge in [0.2, 0.25) is 0 Å². The Kier molecular flexibility index (Phi) is 4.12. The number of aryl methyl sites for hydroxylation is 1. The number of pyridine rings is 1. The van der Waals surface area contributed by atoms with Gasteiger partial charge in [-0.1, -0.05) is 0 Å². The second kappa shape index (κ2) is 6.08. The molecule has 1 saturated heterocycles. The Bertz CT molecular complexity index is 717. The number of anilines is 1. The minimum atomic E-state index is -0.841. The highest BCUT2D eigenvalue weighted by Gasteiger charge is 2.23. The molecule has 7 nitrogen and oxygen atoms in total. The van der Waals surface area contributed by atoms with Gasteiger partial charge >= 0.3 is 6.09 Å². The van der Waals surface area contributed by atoms with Crippen molar-refractivity contribution < 1.29 is 9.90 Å². The van der Waals surface area contributed by atoms with Crippen LogP contribution in [-0.4, -0.2) is 44.8 Å². The lowest BCUT2D eigenvalue weighted by molar-refractivity contribution is 0.134. The molecule has 1 aliphatic heterocycles.